The fourth-order valence-electron chi connectivity index (χ4n) is 5.87. The average molecular weight is 483 g/mol. The molecule has 2 bridgehead atoms. The number of ether oxygens (including phenoxy) is 2. The lowest BCUT2D eigenvalue weighted by atomic mass is 9.85. The minimum absolute atomic E-state index is 0.0151. The topological polar surface area (TPSA) is 50.8 Å². The van der Waals surface area contributed by atoms with E-state index in [-0.39, 0.29) is 29.8 Å². The van der Waals surface area contributed by atoms with Crippen LogP contribution in [-0.4, -0.2) is 42.8 Å². The van der Waals surface area contributed by atoms with E-state index < -0.39 is 0 Å². The molecule has 6 rings (SSSR count). The molecule has 3 heterocycles. The maximum Gasteiger partial charge on any atom is 0.407 e. The van der Waals surface area contributed by atoms with E-state index in [1.54, 1.807) is 0 Å². The zero-order chi connectivity index (χ0) is 24.0. The summed E-state index contributed by atoms with van der Waals surface area (Å²) < 4.78 is 11.7. The van der Waals surface area contributed by atoms with Crippen LogP contribution >= 0.6 is 11.6 Å². The van der Waals surface area contributed by atoms with Crippen molar-refractivity contribution in [3.8, 4) is 16.9 Å². The standard InChI is InChI=1S/C28H35ClN2O3/c1-17(2)33-24-8-6-20(14-23(24)29)19-5-7-22-21(13-19)15-28(3,4)26(22)30-27(32)34-25-16-31-11-9-18(25)10-12-31/h5-8,13-14,17-18,25-26H,9-12,15-16H2,1-4H3,(H,30,32)/t25-,26+/m1/s1. The number of carbonyl (C=O) groups excluding carboxylic acids is 1. The molecule has 0 radical (unpaired) electrons. The third-order valence-electron chi connectivity index (χ3n) is 7.63. The van der Waals surface area contributed by atoms with E-state index in [4.69, 9.17) is 21.1 Å². The molecule has 2 aromatic carbocycles. The molecule has 182 valence electrons. The molecule has 5 nitrogen and oxygen atoms in total. The quantitative estimate of drug-likeness (QED) is 0.548. The van der Waals surface area contributed by atoms with Crippen LogP contribution in [0, 0.1) is 11.3 Å². The maximum atomic E-state index is 12.9. The van der Waals surface area contributed by atoms with Gasteiger partial charge in [-0.25, -0.2) is 4.79 Å². The van der Waals surface area contributed by atoms with E-state index in [0.717, 1.165) is 50.0 Å². The number of rotatable bonds is 5. The van der Waals surface area contributed by atoms with Crippen LogP contribution in [0.5, 0.6) is 5.75 Å². The molecule has 0 saturated carbocycles. The Morgan fingerprint density at radius 1 is 1.12 bits per heavy atom. The highest BCUT2D eigenvalue weighted by Crippen LogP contribution is 2.46. The van der Waals surface area contributed by atoms with Crippen LogP contribution in [-0.2, 0) is 11.2 Å². The molecule has 3 fully saturated rings. The van der Waals surface area contributed by atoms with Gasteiger partial charge in [-0.1, -0.05) is 49.7 Å². The molecule has 2 atom stereocenters. The number of nitrogens with one attached hydrogen (secondary N) is 1. The number of fused-ring (bicyclic) bond motifs is 4. The lowest BCUT2D eigenvalue weighted by molar-refractivity contribution is -0.0348. The van der Waals surface area contributed by atoms with E-state index in [1.807, 2.05) is 32.0 Å². The number of alkyl carbamates (subject to hydrolysis) is 1. The Bertz CT molecular complexity index is 1080. The second-order valence-electron chi connectivity index (χ2n) is 11.0. The Morgan fingerprint density at radius 3 is 2.47 bits per heavy atom. The summed E-state index contributed by atoms with van der Waals surface area (Å²) in [5.41, 5.74) is 4.50. The minimum Gasteiger partial charge on any atom is -0.489 e. The summed E-state index contributed by atoms with van der Waals surface area (Å²) in [6.07, 6.45) is 2.96. The molecule has 2 aromatic rings. The van der Waals surface area contributed by atoms with Gasteiger partial charge >= 0.3 is 6.09 Å². The molecule has 3 saturated heterocycles. The normalized spacial score (nSPS) is 26.9. The van der Waals surface area contributed by atoms with Crippen molar-refractivity contribution in [2.75, 3.05) is 19.6 Å². The summed E-state index contributed by atoms with van der Waals surface area (Å²) in [5, 5.41) is 3.82. The molecule has 34 heavy (non-hydrogen) atoms. The number of nitrogens with zero attached hydrogens (tertiary/aromatic N) is 1. The van der Waals surface area contributed by atoms with Crippen LogP contribution < -0.4 is 10.1 Å². The first kappa shape index (κ1) is 23.5. The van der Waals surface area contributed by atoms with Gasteiger partial charge in [0.2, 0.25) is 0 Å². The van der Waals surface area contributed by atoms with E-state index >= 15 is 0 Å². The van der Waals surface area contributed by atoms with Gasteiger partial charge in [-0.15, -0.1) is 0 Å². The van der Waals surface area contributed by atoms with Crippen molar-refractivity contribution < 1.29 is 14.3 Å². The van der Waals surface area contributed by atoms with Crippen molar-refractivity contribution in [2.24, 2.45) is 11.3 Å². The van der Waals surface area contributed by atoms with Gasteiger partial charge in [0.1, 0.15) is 11.9 Å². The first-order valence-corrected chi connectivity index (χ1v) is 12.9. The highest BCUT2D eigenvalue weighted by atomic mass is 35.5. The second kappa shape index (κ2) is 9.09. The van der Waals surface area contributed by atoms with Crippen LogP contribution in [0.15, 0.2) is 36.4 Å². The first-order valence-electron chi connectivity index (χ1n) is 12.5. The monoisotopic (exact) mass is 482 g/mol. The SMILES string of the molecule is CC(C)Oc1ccc(-c2ccc3c(c2)CC(C)(C)[C@H]3NC(=O)O[C@@H]2CN3CCC2CC3)cc1Cl. The molecule has 1 N–H and O–H groups in total. The lowest BCUT2D eigenvalue weighted by Gasteiger charge is -2.44. The number of amides is 1. The largest absolute Gasteiger partial charge is 0.489 e. The predicted octanol–water partition coefficient (Wildman–Crippen LogP) is 6.24. The van der Waals surface area contributed by atoms with Gasteiger partial charge in [0, 0.05) is 6.54 Å². The lowest BCUT2D eigenvalue weighted by Crippen LogP contribution is -2.53. The molecule has 6 heteroatoms. The molecule has 3 aliphatic heterocycles. The second-order valence-corrected chi connectivity index (χ2v) is 11.5. The first-order chi connectivity index (χ1) is 16.2. The number of carbonyl (C=O) groups is 1. The predicted molar refractivity (Wildman–Crippen MR) is 135 cm³/mol. The summed E-state index contributed by atoms with van der Waals surface area (Å²) in [4.78, 5) is 15.3. The maximum absolute atomic E-state index is 12.9. The summed E-state index contributed by atoms with van der Waals surface area (Å²) in [7, 11) is 0. The third kappa shape index (κ3) is 4.65. The fraction of sp³-hybridized carbons (Fsp3) is 0.536. The Labute approximate surface area is 207 Å². The number of hydrogen-bond acceptors (Lipinski definition) is 4. The smallest absolute Gasteiger partial charge is 0.407 e. The van der Waals surface area contributed by atoms with Crippen molar-refractivity contribution in [3.05, 3.63) is 52.5 Å². The summed E-state index contributed by atoms with van der Waals surface area (Å²) in [6, 6.07) is 12.4. The zero-order valence-electron chi connectivity index (χ0n) is 20.6. The van der Waals surface area contributed by atoms with E-state index in [1.165, 1.54) is 11.1 Å². The van der Waals surface area contributed by atoms with Gasteiger partial charge in [0.25, 0.3) is 0 Å². The Balaban J connectivity index is 1.31. The number of piperidine rings is 3. The van der Waals surface area contributed by atoms with Gasteiger partial charge < -0.3 is 14.8 Å². The summed E-state index contributed by atoms with van der Waals surface area (Å²) >= 11 is 6.48. The molecule has 0 aromatic heterocycles. The summed E-state index contributed by atoms with van der Waals surface area (Å²) in [6.45, 7) is 11.5. The molecular weight excluding hydrogens is 448 g/mol. The average Bonchev–Trinajstić information content (AvgIpc) is 3.04. The Hall–Kier alpha value is -2.24. The molecule has 1 aliphatic carbocycles. The van der Waals surface area contributed by atoms with E-state index in [0.29, 0.717) is 16.7 Å². The van der Waals surface area contributed by atoms with Crippen molar-refractivity contribution in [1.29, 1.82) is 0 Å². The fourth-order valence-corrected chi connectivity index (χ4v) is 6.10. The Morgan fingerprint density at radius 2 is 1.82 bits per heavy atom. The van der Waals surface area contributed by atoms with Gasteiger partial charge in [-0.3, -0.25) is 4.90 Å². The van der Waals surface area contributed by atoms with Crippen molar-refractivity contribution in [2.45, 2.75) is 65.2 Å². The van der Waals surface area contributed by atoms with Crippen LogP contribution in [0.1, 0.15) is 57.7 Å². The molecule has 0 spiro atoms. The summed E-state index contributed by atoms with van der Waals surface area (Å²) in [5.74, 6) is 1.21. The molecular formula is C28H35ClN2O3. The van der Waals surface area contributed by atoms with Gasteiger partial charge in [-0.05, 0) is 91.9 Å². The number of halogens is 1. The molecule has 4 aliphatic rings. The van der Waals surface area contributed by atoms with Crippen LogP contribution in [0.4, 0.5) is 4.79 Å². The van der Waals surface area contributed by atoms with Gasteiger partial charge in [0.05, 0.1) is 17.2 Å². The highest BCUT2D eigenvalue weighted by molar-refractivity contribution is 6.32. The van der Waals surface area contributed by atoms with E-state index in [2.05, 4.69) is 42.3 Å². The van der Waals surface area contributed by atoms with Crippen molar-refractivity contribution in [3.63, 3.8) is 0 Å². The zero-order valence-corrected chi connectivity index (χ0v) is 21.3. The van der Waals surface area contributed by atoms with E-state index in [9.17, 15) is 4.79 Å². The molecule has 1 amide bonds. The third-order valence-corrected chi connectivity index (χ3v) is 7.92. The van der Waals surface area contributed by atoms with Gasteiger partial charge in [-0.2, -0.15) is 0 Å². The molecule has 0 unspecified atom stereocenters. The number of benzene rings is 2. The highest BCUT2D eigenvalue weighted by Gasteiger charge is 2.42. The Kier molecular flexibility index (Phi) is 6.28. The minimum atomic E-state index is -0.290. The van der Waals surface area contributed by atoms with Crippen LogP contribution in [0.3, 0.4) is 0 Å². The van der Waals surface area contributed by atoms with Crippen molar-refractivity contribution in [1.82, 2.24) is 10.2 Å². The van der Waals surface area contributed by atoms with Gasteiger partial charge in [0.15, 0.2) is 0 Å². The number of hydrogen-bond donors (Lipinski definition) is 1. The van der Waals surface area contributed by atoms with Crippen LogP contribution in [0.25, 0.3) is 11.1 Å². The van der Waals surface area contributed by atoms with Crippen molar-refractivity contribution >= 4 is 17.7 Å². The van der Waals surface area contributed by atoms with Crippen LogP contribution in [0.2, 0.25) is 5.02 Å².